The average Bonchev–Trinajstić information content (AvgIpc) is 3.21. The van der Waals surface area contributed by atoms with Crippen molar-refractivity contribution in [2.45, 2.75) is 251 Å². The van der Waals surface area contributed by atoms with Crippen molar-refractivity contribution >= 4 is 11.9 Å². The highest BCUT2D eigenvalue weighted by Crippen LogP contribution is 2.14. The molecular weight excluding hydrogens is 707 g/mol. The molecule has 0 bridgehead atoms. The number of ether oxygens (including phenoxy) is 1. The van der Waals surface area contributed by atoms with Gasteiger partial charge in [0, 0.05) is 12.8 Å². The molecule has 2 unspecified atom stereocenters. The minimum atomic E-state index is -0.859. The Bertz CT molecular complexity index is 973. The molecule has 0 aromatic heterocycles. The van der Waals surface area contributed by atoms with Crippen LogP contribution < -0.4 is 5.32 Å². The molecule has 0 saturated heterocycles. The second-order valence-electron chi connectivity index (χ2n) is 16.5. The predicted molar refractivity (Wildman–Crippen MR) is 245 cm³/mol. The molecule has 332 valence electrons. The fourth-order valence-electron chi connectivity index (χ4n) is 7.01. The number of hydrogen-bond donors (Lipinski definition) is 3. The van der Waals surface area contributed by atoms with Crippen molar-refractivity contribution in [1.29, 1.82) is 0 Å². The van der Waals surface area contributed by atoms with Gasteiger partial charge in [0.25, 0.3) is 0 Å². The van der Waals surface area contributed by atoms with E-state index in [1.807, 2.05) is 6.08 Å². The van der Waals surface area contributed by atoms with Gasteiger partial charge in [0.2, 0.25) is 5.91 Å². The summed E-state index contributed by atoms with van der Waals surface area (Å²) in [6, 6.07) is -0.644. The molecular formula is C51H93NO5. The molecule has 0 aliphatic rings. The van der Waals surface area contributed by atoms with Crippen molar-refractivity contribution in [1.82, 2.24) is 5.32 Å². The zero-order valence-electron chi connectivity index (χ0n) is 37.6. The van der Waals surface area contributed by atoms with Crippen LogP contribution in [0.1, 0.15) is 239 Å². The van der Waals surface area contributed by atoms with E-state index in [-0.39, 0.29) is 18.5 Å². The van der Waals surface area contributed by atoms with E-state index < -0.39 is 12.1 Å². The van der Waals surface area contributed by atoms with Crippen molar-refractivity contribution in [3.63, 3.8) is 0 Å². The van der Waals surface area contributed by atoms with Gasteiger partial charge in [-0.3, -0.25) is 9.59 Å². The van der Waals surface area contributed by atoms with Gasteiger partial charge < -0.3 is 20.3 Å². The lowest BCUT2D eigenvalue weighted by Crippen LogP contribution is -2.45. The number of aliphatic hydroxyl groups excluding tert-OH is 2. The van der Waals surface area contributed by atoms with E-state index in [2.05, 4.69) is 55.6 Å². The third-order valence-electron chi connectivity index (χ3n) is 10.8. The lowest BCUT2D eigenvalue weighted by atomic mass is 10.0. The predicted octanol–water partition coefficient (Wildman–Crippen LogP) is 14.3. The number of aliphatic hydroxyl groups is 2. The van der Waals surface area contributed by atoms with Crippen molar-refractivity contribution in [3.05, 3.63) is 48.6 Å². The third-order valence-corrected chi connectivity index (χ3v) is 10.8. The topological polar surface area (TPSA) is 95.9 Å². The number of unbranched alkanes of at least 4 members (excludes halogenated alkanes) is 28. The number of esters is 1. The Morgan fingerprint density at radius 1 is 0.491 bits per heavy atom. The highest BCUT2D eigenvalue weighted by atomic mass is 16.5. The Hall–Kier alpha value is -2.18. The summed E-state index contributed by atoms with van der Waals surface area (Å²) in [7, 11) is 0. The van der Waals surface area contributed by atoms with Crippen LogP contribution in [0, 0.1) is 0 Å². The third kappa shape index (κ3) is 43.2. The molecule has 0 aliphatic carbocycles. The van der Waals surface area contributed by atoms with Gasteiger partial charge in [0.1, 0.15) is 0 Å². The minimum absolute atomic E-state index is 0.0351. The van der Waals surface area contributed by atoms with E-state index >= 15 is 0 Å². The van der Waals surface area contributed by atoms with Gasteiger partial charge in [0.15, 0.2) is 0 Å². The Morgan fingerprint density at radius 3 is 1.40 bits per heavy atom. The summed E-state index contributed by atoms with van der Waals surface area (Å²) < 4.78 is 5.41. The first-order chi connectivity index (χ1) is 28.0. The van der Waals surface area contributed by atoms with E-state index in [0.29, 0.717) is 19.4 Å². The quantitative estimate of drug-likeness (QED) is 0.0247. The van der Waals surface area contributed by atoms with Crippen molar-refractivity contribution in [2.24, 2.45) is 0 Å². The monoisotopic (exact) mass is 800 g/mol. The average molecular weight is 800 g/mol. The Labute approximate surface area is 353 Å². The normalized spacial score (nSPS) is 13.1. The van der Waals surface area contributed by atoms with Crippen LogP contribution in [-0.2, 0) is 14.3 Å². The zero-order valence-corrected chi connectivity index (χ0v) is 37.6. The smallest absolute Gasteiger partial charge is 0.305 e. The first-order valence-electron chi connectivity index (χ1n) is 24.4. The molecule has 0 aliphatic heterocycles. The summed E-state index contributed by atoms with van der Waals surface area (Å²) >= 11 is 0. The molecule has 0 rings (SSSR count). The van der Waals surface area contributed by atoms with E-state index in [4.69, 9.17) is 4.74 Å². The lowest BCUT2D eigenvalue weighted by Gasteiger charge is -2.20. The minimum Gasteiger partial charge on any atom is -0.466 e. The molecule has 3 N–H and O–H groups in total. The molecule has 6 heteroatoms. The maximum absolute atomic E-state index is 12.4. The molecule has 0 radical (unpaired) electrons. The standard InChI is InChI=1S/C51H93NO5/c1-3-5-7-9-11-13-15-16-20-24-27-31-35-39-43-49(54)48(47-53)52-50(55)44-40-36-32-28-25-21-18-17-19-22-26-30-34-38-42-46-57-51(56)45-41-37-33-29-23-14-12-10-8-6-4-2/h10,12,17,19,22,26,39,43,48-49,53-54H,3-9,11,13-16,18,20-21,23-25,27-38,40-42,44-47H2,1-2H3,(H,52,55)/b12-10-,19-17-,26-22-,43-39+. The summed E-state index contributed by atoms with van der Waals surface area (Å²) in [5, 5.41) is 23.0. The number of hydrogen-bond acceptors (Lipinski definition) is 5. The highest BCUT2D eigenvalue weighted by molar-refractivity contribution is 5.76. The van der Waals surface area contributed by atoms with Crippen LogP contribution in [-0.4, -0.2) is 47.4 Å². The molecule has 0 saturated carbocycles. The van der Waals surface area contributed by atoms with Crippen LogP contribution in [0.5, 0.6) is 0 Å². The van der Waals surface area contributed by atoms with Gasteiger partial charge in [-0.1, -0.05) is 191 Å². The van der Waals surface area contributed by atoms with Gasteiger partial charge in [-0.15, -0.1) is 0 Å². The molecule has 0 fully saturated rings. The Balaban J connectivity index is 3.59. The highest BCUT2D eigenvalue weighted by Gasteiger charge is 2.18. The number of allylic oxidation sites excluding steroid dienone is 7. The molecule has 57 heavy (non-hydrogen) atoms. The van der Waals surface area contributed by atoms with Crippen LogP contribution >= 0.6 is 0 Å². The van der Waals surface area contributed by atoms with E-state index in [1.165, 1.54) is 135 Å². The fraction of sp³-hybridized carbons (Fsp3) is 0.804. The second kappa shape index (κ2) is 46.5. The number of carbonyl (C=O) groups excluding carboxylic acids is 2. The van der Waals surface area contributed by atoms with Crippen LogP contribution in [0.2, 0.25) is 0 Å². The lowest BCUT2D eigenvalue weighted by molar-refractivity contribution is -0.143. The summed E-state index contributed by atoms with van der Waals surface area (Å²) in [5.74, 6) is -0.128. The first-order valence-corrected chi connectivity index (χ1v) is 24.4. The van der Waals surface area contributed by atoms with E-state index in [9.17, 15) is 19.8 Å². The van der Waals surface area contributed by atoms with Gasteiger partial charge in [-0.05, 0) is 83.5 Å². The van der Waals surface area contributed by atoms with Crippen LogP contribution in [0.25, 0.3) is 0 Å². The molecule has 6 nitrogen and oxygen atoms in total. The maximum Gasteiger partial charge on any atom is 0.305 e. The Kier molecular flexibility index (Phi) is 44.7. The van der Waals surface area contributed by atoms with E-state index in [1.54, 1.807) is 6.08 Å². The summed E-state index contributed by atoms with van der Waals surface area (Å²) in [6.07, 6.45) is 56.7. The molecule has 0 aromatic carbocycles. The second-order valence-corrected chi connectivity index (χ2v) is 16.5. The van der Waals surface area contributed by atoms with Crippen LogP contribution in [0.4, 0.5) is 0 Å². The van der Waals surface area contributed by atoms with Gasteiger partial charge in [-0.25, -0.2) is 0 Å². The van der Waals surface area contributed by atoms with Gasteiger partial charge >= 0.3 is 5.97 Å². The number of carbonyl (C=O) groups is 2. The van der Waals surface area contributed by atoms with Crippen LogP contribution in [0.15, 0.2) is 48.6 Å². The van der Waals surface area contributed by atoms with Crippen molar-refractivity contribution in [3.8, 4) is 0 Å². The molecule has 2 atom stereocenters. The molecule has 0 spiro atoms. The summed E-state index contributed by atoms with van der Waals surface area (Å²) in [5.41, 5.74) is 0. The number of nitrogens with one attached hydrogen (secondary N) is 1. The Morgan fingerprint density at radius 2 is 0.895 bits per heavy atom. The molecule has 1 amide bonds. The van der Waals surface area contributed by atoms with Gasteiger partial charge in [-0.2, -0.15) is 0 Å². The van der Waals surface area contributed by atoms with Crippen molar-refractivity contribution in [2.75, 3.05) is 13.2 Å². The van der Waals surface area contributed by atoms with Gasteiger partial charge in [0.05, 0.1) is 25.4 Å². The number of rotatable bonds is 44. The maximum atomic E-state index is 12.4. The fourth-order valence-corrected chi connectivity index (χ4v) is 7.01. The SMILES string of the molecule is CCCC/C=C\CCCCCCCC(=O)OCCCCC/C=C\C=C/CCCCCCCCC(=O)NC(CO)C(O)/C=C/CCCCCCCCCCCCCC. The summed E-state index contributed by atoms with van der Waals surface area (Å²) in [4.78, 5) is 24.3. The first kappa shape index (κ1) is 54.8. The molecule has 0 heterocycles. The largest absolute Gasteiger partial charge is 0.466 e. The van der Waals surface area contributed by atoms with E-state index in [0.717, 1.165) is 77.0 Å². The van der Waals surface area contributed by atoms with Crippen molar-refractivity contribution < 1.29 is 24.5 Å². The summed E-state index contributed by atoms with van der Waals surface area (Å²) in [6.45, 7) is 4.78. The number of amides is 1. The zero-order chi connectivity index (χ0) is 41.5. The molecule has 0 aromatic rings. The van der Waals surface area contributed by atoms with Crippen LogP contribution in [0.3, 0.4) is 0 Å².